The Hall–Kier alpha value is -3.60. The van der Waals surface area contributed by atoms with Gasteiger partial charge in [0, 0.05) is 46.2 Å². The molecule has 1 saturated heterocycles. The largest absolute Gasteiger partial charge is 0.454 e. The molecule has 0 bridgehead atoms. The number of benzene rings is 2. The highest BCUT2D eigenvalue weighted by molar-refractivity contribution is 6.32. The number of amides is 1. The van der Waals surface area contributed by atoms with Crippen LogP contribution in [0.15, 0.2) is 48.8 Å². The minimum atomic E-state index is -0.170. The van der Waals surface area contributed by atoms with E-state index in [2.05, 4.69) is 54.2 Å². The molecule has 1 aromatic heterocycles. The number of hydrogen-bond donors (Lipinski definition) is 3. The van der Waals surface area contributed by atoms with Crippen molar-refractivity contribution in [3.8, 4) is 35.0 Å². The van der Waals surface area contributed by atoms with Crippen molar-refractivity contribution in [1.82, 2.24) is 20.6 Å². The van der Waals surface area contributed by atoms with Crippen LogP contribution in [0.3, 0.4) is 0 Å². The third kappa shape index (κ3) is 5.78. The van der Waals surface area contributed by atoms with Crippen LogP contribution >= 0.6 is 11.6 Å². The molecule has 4 rings (SSSR count). The summed E-state index contributed by atoms with van der Waals surface area (Å²) in [7, 11) is 0. The molecule has 2 aromatic carbocycles. The number of anilines is 1. The lowest BCUT2D eigenvalue weighted by atomic mass is 9.79. The standard InChI is InChI=1S/C28H30ClN5O2/c1-6-20-21(18-15-31-26(30)32-16-18)8-7-9-23(20)36-24-11-10-17(12-22(24)29)25(35)33-19-13-27(2,3)34-28(4,5)14-19/h1,7-12,15-16,19,34H,13-14H2,2-5H3,(H,33,35)(H2,30,31,32). The van der Waals surface area contributed by atoms with Gasteiger partial charge < -0.3 is 21.1 Å². The van der Waals surface area contributed by atoms with E-state index < -0.39 is 0 Å². The van der Waals surface area contributed by atoms with Crippen LogP contribution in [0.5, 0.6) is 11.5 Å². The maximum Gasteiger partial charge on any atom is 0.251 e. The average Bonchev–Trinajstić information content (AvgIpc) is 2.78. The Balaban J connectivity index is 1.53. The smallest absolute Gasteiger partial charge is 0.251 e. The number of nitrogens with zero attached hydrogens (tertiary/aromatic N) is 2. The summed E-state index contributed by atoms with van der Waals surface area (Å²) in [5.41, 5.74) is 7.89. The molecule has 1 amide bonds. The lowest BCUT2D eigenvalue weighted by Gasteiger charge is -2.46. The minimum Gasteiger partial charge on any atom is -0.454 e. The maximum atomic E-state index is 13.0. The zero-order valence-corrected chi connectivity index (χ0v) is 21.6. The molecule has 1 fully saturated rings. The van der Waals surface area contributed by atoms with Crippen molar-refractivity contribution in [3.63, 3.8) is 0 Å². The van der Waals surface area contributed by atoms with E-state index >= 15 is 0 Å². The van der Waals surface area contributed by atoms with Crippen LogP contribution in [0.4, 0.5) is 5.95 Å². The average molecular weight is 504 g/mol. The molecule has 8 heteroatoms. The van der Waals surface area contributed by atoms with E-state index in [-0.39, 0.29) is 29.0 Å². The van der Waals surface area contributed by atoms with E-state index in [1.165, 1.54) is 0 Å². The molecule has 1 aliphatic rings. The Morgan fingerprint density at radius 1 is 1.14 bits per heavy atom. The van der Waals surface area contributed by atoms with E-state index in [9.17, 15) is 4.79 Å². The van der Waals surface area contributed by atoms with E-state index in [1.807, 2.05) is 12.1 Å². The van der Waals surface area contributed by atoms with Gasteiger partial charge in [0.1, 0.15) is 11.5 Å². The van der Waals surface area contributed by atoms with Crippen molar-refractivity contribution >= 4 is 23.5 Å². The predicted molar refractivity (Wildman–Crippen MR) is 143 cm³/mol. The van der Waals surface area contributed by atoms with Gasteiger partial charge in [-0.25, -0.2) is 9.97 Å². The summed E-state index contributed by atoms with van der Waals surface area (Å²) in [6.07, 6.45) is 10.7. The molecule has 0 unspecified atom stereocenters. The summed E-state index contributed by atoms with van der Waals surface area (Å²) >= 11 is 6.53. The van der Waals surface area contributed by atoms with Crippen molar-refractivity contribution < 1.29 is 9.53 Å². The van der Waals surface area contributed by atoms with Gasteiger partial charge in [-0.3, -0.25) is 4.79 Å². The number of aromatic nitrogens is 2. The fourth-order valence-corrected chi connectivity index (χ4v) is 5.24. The number of carbonyl (C=O) groups excluding carboxylic acids is 1. The second-order valence-electron chi connectivity index (χ2n) is 10.4. The van der Waals surface area contributed by atoms with Crippen LogP contribution in [0.1, 0.15) is 56.5 Å². The zero-order chi connectivity index (χ0) is 26.1. The Morgan fingerprint density at radius 2 is 1.81 bits per heavy atom. The molecule has 186 valence electrons. The number of nitrogen functional groups attached to an aromatic ring is 1. The van der Waals surface area contributed by atoms with Crippen LogP contribution in [0, 0.1) is 12.3 Å². The molecule has 0 atom stereocenters. The predicted octanol–water partition coefficient (Wildman–Crippen LogP) is 5.19. The van der Waals surface area contributed by atoms with E-state index in [0.717, 1.165) is 18.4 Å². The van der Waals surface area contributed by atoms with Crippen molar-refractivity contribution in [2.75, 3.05) is 5.73 Å². The fraction of sp³-hybridized carbons (Fsp3) is 0.321. The number of halogens is 1. The van der Waals surface area contributed by atoms with Gasteiger partial charge >= 0.3 is 0 Å². The summed E-state index contributed by atoms with van der Waals surface area (Å²) in [5.74, 6) is 3.53. The summed E-state index contributed by atoms with van der Waals surface area (Å²) in [5, 5.41) is 7.09. The van der Waals surface area contributed by atoms with Gasteiger partial charge in [-0.1, -0.05) is 29.7 Å². The van der Waals surface area contributed by atoms with Crippen LogP contribution in [-0.2, 0) is 0 Å². The topological polar surface area (TPSA) is 102 Å². The highest BCUT2D eigenvalue weighted by Crippen LogP contribution is 2.36. The molecule has 0 spiro atoms. The number of nitrogens with one attached hydrogen (secondary N) is 2. The van der Waals surface area contributed by atoms with Crippen molar-refractivity contribution in [2.45, 2.75) is 57.7 Å². The van der Waals surface area contributed by atoms with E-state index in [1.54, 1.807) is 36.7 Å². The first-order valence-corrected chi connectivity index (χ1v) is 12.1. The first-order chi connectivity index (χ1) is 17.0. The molecule has 4 N–H and O–H groups in total. The van der Waals surface area contributed by atoms with Gasteiger partial charge in [0.15, 0.2) is 0 Å². The Morgan fingerprint density at radius 3 is 2.42 bits per heavy atom. The Bertz CT molecular complexity index is 1310. The molecule has 36 heavy (non-hydrogen) atoms. The molecular formula is C28H30ClN5O2. The number of carbonyl (C=O) groups is 1. The second kappa shape index (κ2) is 9.81. The Labute approximate surface area is 216 Å². The molecule has 0 aliphatic carbocycles. The molecule has 7 nitrogen and oxygen atoms in total. The van der Waals surface area contributed by atoms with Gasteiger partial charge in [0.05, 0.1) is 10.6 Å². The lowest BCUT2D eigenvalue weighted by molar-refractivity contribution is 0.0873. The number of hydrogen-bond acceptors (Lipinski definition) is 6. The van der Waals surface area contributed by atoms with Crippen LogP contribution in [0.25, 0.3) is 11.1 Å². The SMILES string of the molecule is C#Cc1c(Oc2ccc(C(=O)NC3CC(C)(C)NC(C)(C)C3)cc2Cl)cccc1-c1cnc(N)nc1. The summed E-state index contributed by atoms with van der Waals surface area (Å²) in [6, 6.07) is 10.5. The number of terminal acetylenes is 1. The van der Waals surface area contributed by atoms with Crippen LogP contribution in [-0.4, -0.2) is 33.0 Å². The van der Waals surface area contributed by atoms with Gasteiger partial charge in [0.25, 0.3) is 5.91 Å². The number of ether oxygens (including phenoxy) is 1. The summed E-state index contributed by atoms with van der Waals surface area (Å²) in [6.45, 7) is 8.59. The highest BCUT2D eigenvalue weighted by Gasteiger charge is 2.38. The normalized spacial score (nSPS) is 16.7. The number of nitrogens with two attached hydrogens (primary N) is 1. The monoisotopic (exact) mass is 503 g/mol. The molecule has 0 radical (unpaired) electrons. The summed E-state index contributed by atoms with van der Waals surface area (Å²) < 4.78 is 6.08. The zero-order valence-electron chi connectivity index (χ0n) is 20.9. The maximum absolute atomic E-state index is 13.0. The Kier molecular flexibility index (Phi) is 6.94. The van der Waals surface area contributed by atoms with Gasteiger partial charge in [0.2, 0.25) is 5.95 Å². The molecule has 3 aromatic rings. The minimum absolute atomic E-state index is 0.0525. The quantitative estimate of drug-likeness (QED) is 0.414. The fourth-order valence-electron chi connectivity index (χ4n) is 5.02. The molecular weight excluding hydrogens is 474 g/mol. The van der Waals surface area contributed by atoms with Crippen LogP contribution < -0.4 is 21.1 Å². The second-order valence-corrected chi connectivity index (χ2v) is 10.8. The summed E-state index contributed by atoms with van der Waals surface area (Å²) in [4.78, 5) is 21.1. The van der Waals surface area contributed by atoms with Crippen LogP contribution in [0.2, 0.25) is 5.02 Å². The first kappa shape index (κ1) is 25.5. The first-order valence-electron chi connectivity index (χ1n) is 11.7. The van der Waals surface area contributed by atoms with Gasteiger partial charge in [-0.05, 0) is 64.8 Å². The molecule has 2 heterocycles. The van der Waals surface area contributed by atoms with Gasteiger partial charge in [-0.15, -0.1) is 6.42 Å². The number of piperidine rings is 1. The van der Waals surface area contributed by atoms with Gasteiger partial charge in [-0.2, -0.15) is 0 Å². The molecule has 0 saturated carbocycles. The third-order valence-electron chi connectivity index (χ3n) is 6.09. The molecule has 1 aliphatic heterocycles. The third-order valence-corrected chi connectivity index (χ3v) is 6.39. The van der Waals surface area contributed by atoms with E-state index in [0.29, 0.717) is 33.2 Å². The number of rotatable bonds is 5. The van der Waals surface area contributed by atoms with Crippen molar-refractivity contribution in [1.29, 1.82) is 0 Å². The lowest BCUT2D eigenvalue weighted by Crippen LogP contribution is -2.62. The highest BCUT2D eigenvalue weighted by atomic mass is 35.5. The van der Waals surface area contributed by atoms with Crippen molar-refractivity contribution in [3.05, 3.63) is 64.9 Å². The van der Waals surface area contributed by atoms with Crippen molar-refractivity contribution in [2.24, 2.45) is 0 Å². The van der Waals surface area contributed by atoms with E-state index in [4.69, 9.17) is 28.5 Å².